The molecule has 0 saturated heterocycles. The van der Waals surface area contributed by atoms with E-state index in [1.165, 1.54) is 6.20 Å². The van der Waals surface area contributed by atoms with Gasteiger partial charge in [0.1, 0.15) is 0 Å². The molecule has 4 nitrogen and oxygen atoms in total. The Kier molecular flexibility index (Phi) is 4.29. The lowest BCUT2D eigenvalue weighted by molar-refractivity contribution is 0.102. The zero-order valence-corrected chi connectivity index (χ0v) is 12.6. The van der Waals surface area contributed by atoms with Crippen LogP contribution < -0.4 is 11.1 Å². The van der Waals surface area contributed by atoms with Crippen molar-refractivity contribution in [3.05, 3.63) is 50.7 Å². The number of nitrogens with zero attached hydrogens (tertiary/aromatic N) is 1. The van der Waals surface area contributed by atoms with Gasteiger partial charge >= 0.3 is 0 Å². The van der Waals surface area contributed by atoms with Crippen LogP contribution in [-0.2, 0) is 0 Å². The van der Waals surface area contributed by atoms with Crippen LogP contribution in [-0.4, -0.2) is 10.9 Å². The first-order valence-corrected chi connectivity index (χ1v) is 6.70. The summed E-state index contributed by atoms with van der Waals surface area (Å²) < 4.78 is 0.720. The predicted molar refractivity (Wildman–Crippen MR) is 80.8 cm³/mol. The number of benzene rings is 1. The zero-order valence-electron chi connectivity index (χ0n) is 9.45. The van der Waals surface area contributed by atoms with Crippen LogP contribution in [0, 0.1) is 0 Å². The molecule has 0 fully saturated rings. The number of anilines is 2. The van der Waals surface area contributed by atoms with Gasteiger partial charge < -0.3 is 11.1 Å². The third-order valence-corrected chi connectivity index (χ3v) is 3.35. The van der Waals surface area contributed by atoms with E-state index in [0.29, 0.717) is 15.7 Å². The number of nitrogens with one attached hydrogen (secondary N) is 1. The Hall–Kier alpha value is -1.30. The third kappa shape index (κ3) is 3.18. The van der Waals surface area contributed by atoms with Gasteiger partial charge in [0.2, 0.25) is 0 Å². The molecule has 0 saturated carbocycles. The number of hydrogen-bond acceptors (Lipinski definition) is 3. The lowest BCUT2D eigenvalue weighted by Crippen LogP contribution is -2.16. The minimum atomic E-state index is -0.468. The molecule has 1 amide bonds. The van der Waals surface area contributed by atoms with Crippen LogP contribution in [0.3, 0.4) is 0 Å². The summed E-state index contributed by atoms with van der Waals surface area (Å²) in [4.78, 5) is 16.0. The molecule has 0 spiro atoms. The number of pyridine rings is 1. The lowest BCUT2D eigenvalue weighted by Gasteiger charge is -2.10. The molecule has 2 aromatic rings. The van der Waals surface area contributed by atoms with Crippen molar-refractivity contribution in [3.63, 3.8) is 0 Å². The fourth-order valence-electron chi connectivity index (χ4n) is 1.44. The van der Waals surface area contributed by atoms with E-state index in [4.69, 9.17) is 28.9 Å². The van der Waals surface area contributed by atoms with Gasteiger partial charge in [-0.25, -0.2) is 4.98 Å². The van der Waals surface area contributed by atoms with Crippen LogP contribution in [0.4, 0.5) is 11.4 Å². The number of carbonyl (C=O) groups excluding carboxylic acids is 1. The van der Waals surface area contributed by atoms with Crippen LogP contribution in [0.2, 0.25) is 10.0 Å². The first kappa shape index (κ1) is 14.1. The standard InChI is InChI=1S/C12H8BrCl2N3O/c13-6-4-7(14)10(8(15)5-6)18-12(19)11-9(16)2-1-3-17-11/h1-5H,16H2,(H,18,19). The first-order valence-electron chi connectivity index (χ1n) is 5.15. The summed E-state index contributed by atoms with van der Waals surface area (Å²) >= 11 is 15.3. The minimum Gasteiger partial charge on any atom is -0.397 e. The molecule has 98 valence electrons. The maximum atomic E-state index is 12.0. The second-order valence-electron chi connectivity index (χ2n) is 3.64. The van der Waals surface area contributed by atoms with Crippen LogP contribution in [0.25, 0.3) is 0 Å². The molecule has 7 heteroatoms. The molecular weight excluding hydrogens is 353 g/mol. The van der Waals surface area contributed by atoms with Crippen LogP contribution in [0.15, 0.2) is 34.9 Å². The van der Waals surface area contributed by atoms with Crippen LogP contribution in [0.5, 0.6) is 0 Å². The first-order chi connectivity index (χ1) is 8.99. The fourth-order valence-corrected chi connectivity index (χ4v) is 2.74. The summed E-state index contributed by atoms with van der Waals surface area (Å²) in [6, 6.07) is 6.49. The second-order valence-corrected chi connectivity index (χ2v) is 5.37. The number of halogens is 3. The second kappa shape index (κ2) is 5.77. The van der Waals surface area contributed by atoms with Gasteiger partial charge in [-0.1, -0.05) is 39.1 Å². The maximum absolute atomic E-state index is 12.0. The number of nitrogens with two attached hydrogens (primary N) is 1. The van der Waals surface area contributed by atoms with Crippen molar-refractivity contribution < 1.29 is 4.79 Å². The van der Waals surface area contributed by atoms with Gasteiger partial charge in [0.15, 0.2) is 5.69 Å². The zero-order chi connectivity index (χ0) is 14.0. The monoisotopic (exact) mass is 359 g/mol. The highest BCUT2D eigenvalue weighted by atomic mass is 79.9. The highest BCUT2D eigenvalue weighted by Gasteiger charge is 2.15. The van der Waals surface area contributed by atoms with E-state index in [1.54, 1.807) is 24.3 Å². The van der Waals surface area contributed by atoms with Crippen molar-refractivity contribution in [2.24, 2.45) is 0 Å². The van der Waals surface area contributed by atoms with Gasteiger partial charge in [-0.3, -0.25) is 4.79 Å². The summed E-state index contributed by atoms with van der Waals surface area (Å²) in [5, 5.41) is 3.24. The quantitative estimate of drug-likeness (QED) is 0.850. The Morgan fingerprint density at radius 2 is 1.95 bits per heavy atom. The number of hydrogen-bond donors (Lipinski definition) is 2. The fraction of sp³-hybridized carbons (Fsp3) is 0. The van der Waals surface area contributed by atoms with Crippen molar-refractivity contribution in [2.75, 3.05) is 11.1 Å². The average molecular weight is 361 g/mol. The van der Waals surface area contributed by atoms with Gasteiger partial charge in [0.25, 0.3) is 5.91 Å². The van der Waals surface area contributed by atoms with Gasteiger partial charge in [-0.15, -0.1) is 0 Å². The number of nitrogen functional groups attached to an aromatic ring is 1. The molecule has 19 heavy (non-hydrogen) atoms. The molecule has 0 unspecified atom stereocenters. The molecular formula is C12H8BrCl2N3O. The molecule has 0 radical (unpaired) electrons. The molecule has 0 aliphatic heterocycles. The Morgan fingerprint density at radius 3 is 2.53 bits per heavy atom. The summed E-state index contributed by atoms with van der Waals surface area (Å²) in [5.41, 5.74) is 6.40. The molecule has 1 aromatic heterocycles. The molecule has 0 aliphatic carbocycles. The van der Waals surface area contributed by atoms with Gasteiger partial charge in [-0.2, -0.15) is 0 Å². The van der Waals surface area contributed by atoms with Crippen molar-refractivity contribution in [2.45, 2.75) is 0 Å². The molecule has 3 N–H and O–H groups in total. The largest absolute Gasteiger partial charge is 0.397 e. The van der Waals surface area contributed by atoms with E-state index < -0.39 is 5.91 Å². The smallest absolute Gasteiger partial charge is 0.276 e. The highest BCUT2D eigenvalue weighted by molar-refractivity contribution is 9.10. The van der Waals surface area contributed by atoms with Crippen molar-refractivity contribution in [1.29, 1.82) is 0 Å². The Balaban J connectivity index is 2.32. The van der Waals surface area contributed by atoms with Crippen LogP contribution >= 0.6 is 39.1 Å². The molecule has 0 atom stereocenters. The van der Waals surface area contributed by atoms with Gasteiger partial charge in [-0.05, 0) is 24.3 Å². The Morgan fingerprint density at radius 1 is 1.32 bits per heavy atom. The Bertz CT molecular complexity index is 626. The number of amides is 1. The lowest BCUT2D eigenvalue weighted by atomic mass is 10.2. The van der Waals surface area contributed by atoms with Crippen LogP contribution in [0.1, 0.15) is 10.5 Å². The summed E-state index contributed by atoms with van der Waals surface area (Å²) in [6.45, 7) is 0. The van der Waals surface area contributed by atoms with E-state index in [2.05, 4.69) is 26.2 Å². The maximum Gasteiger partial charge on any atom is 0.276 e. The Labute approximate surface area is 128 Å². The average Bonchev–Trinajstić information content (AvgIpc) is 2.34. The molecule has 1 heterocycles. The normalized spacial score (nSPS) is 10.3. The molecule has 2 rings (SSSR count). The molecule has 0 bridgehead atoms. The van der Waals surface area contributed by atoms with Gasteiger partial charge in [0.05, 0.1) is 21.4 Å². The SMILES string of the molecule is Nc1cccnc1C(=O)Nc1c(Cl)cc(Br)cc1Cl. The van der Waals surface area contributed by atoms with E-state index in [0.717, 1.165) is 4.47 Å². The van der Waals surface area contributed by atoms with Crippen molar-refractivity contribution in [1.82, 2.24) is 4.98 Å². The van der Waals surface area contributed by atoms with Crippen molar-refractivity contribution >= 4 is 56.4 Å². The van der Waals surface area contributed by atoms with Gasteiger partial charge in [0, 0.05) is 10.7 Å². The number of carbonyl (C=O) groups is 1. The molecule has 0 aliphatic rings. The molecule has 1 aromatic carbocycles. The van der Waals surface area contributed by atoms with Crippen molar-refractivity contribution in [3.8, 4) is 0 Å². The predicted octanol–water partition coefficient (Wildman–Crippen LogP) is 3.99. The highest BCUT2D eigenvalue weighted by Crippen LogP contribution is 2.34. The van der Waals surface area contributed by atoms with E-state index in [-0.39, 0.29) is 11.4 Å². The topological polar surface area (TPSA) is 68.0 Å². The number of rotatable bonds is 2. The number of aromatic nitrogens is 1. The summed E-state index contributed by atoms with van der Waals surface area (Å²) in [6.07, 6.45) is 1.48. The summed E-state index contributed by atoms with van der Waals surface area (Å²) in [5.74, 6) is -0.468. The van der Waals surface area contributed by atoms with E-state index >= 15 is 0 Å². The van der Waals surface area contributed by atoms with E-state index in [9.17, 15) is 4.79 Å². The minimum absolute atomic E-state index is 0.123. The summed E-state index contributed by atoms with van der Waals surface area (Å²) in [7, 11) is 0. The van der Waals surface area contributed by atoms with E-state index in [1.807, 2.05) is 0 Å². The third-order valence-electron chi connectivity index (χ3n) is 2.30.